The topological polar surface area (TPSA) is 53.0 Å². The minimum atomic E-state index is 0.0422. The van der Waals surface area contributed by atoms with Crippen LogP contribution in [0.2, 0.25) is 0 Å². The Morgan fingerprint density at radius 2 is 2.07 bits per heavy atom. The average molecular weight is 410 g/mol. The van der Waals surface area contributed by atoms with Gasteiger partial charge >= 0.3 is 0 Å². The van der Waals surface area contributed by atoms with Crippen LogP contribution >= 0.6 is 11.3 Å². The maximum absolute atomic E-state index is 5.37. The highest BCUT2D eigenvalue weighted by Gasteiger charge is 2.26. The summed E-state index contributed by atoms with van der Waals surface area (Å²) in [6.45, 7) is 13.1. The molecule has 0 bridgehead atoms. The van der Waals surface area contributed by atoms with Gasteiger partial charge in [0.25, 0.3) is 0 Å². The molecule has 1 aromatic rings. The molecule has 0 aliphatic carbocycles. The van der Waals surface area contributed by atoms with E-state index in [0.29, 0.717) is 12.0 Å². The quantitative estimate of drug-likeness (QED) is 0.525. The number of nitrogens with zero attached hydrogens (tertiary/aromatic N) is 4. The molecule has 7 heteroatoms. The first-order valence-electron chi connectivity index (χ1n) is 10.5. The van der Waals surface area contributed by atoms with Gasteiger partial charge in [-0.05, 0) is 44.7 Å². The molecule has 0 saturated carbocycles. The average Bonchev–Trinajstić information content (AvgIpc) is 3.13. The van der Waals surface area contributed by atoms with Gasteiger partial charge in [-0.3, -0.25) is 9.89 Å². The predicted octanol–water partition coefficient (Wildman–Crippen LogP) is 3.61. The van der Waals surface area contributed by atoms with Gasteiger partial charge in [0.1, 0.15) is 11.1 Å². The normalized spacial score (nSPS) is 19.1. The van der Waals surface area contributed by atoms with Crippen molar-refractivity contribution in [3.05, 3.63) is 16.1 Å². The fourth-order valence-electron chi connectivity index (χ4n) is 3.73. The minimum Gasteiger partial charge on any atom is -0.375 e. The van der Waals surface area contributed by atoms with Crippen LogP contribution in [-0.4, -0.2) is 67.6 Å². The Hall–Kier alpha value is -1.18. The molecule has 2 unspecified atom stereocenters. The molecule has 2 heterocycles. The van der Waals surface area contributed by atoms with Crippen molar-refractivity contribution in [2.24, 2.45) is 16.8 Å². The Morgan fingerprint density at radius 3 is 2.64 bits per heavy atom. The van der Waals surface area contributed by atoms with E-state index < -0.39 is 0 Å². The lowest BCUT2D eigenvalue weighted by molar-refractivity contribution is 0.109. The maximum Gasteiger partial charge on any atom is 0.193 e. The second kappa shape index (κ2) is 11.1. The zero-order valence-corrected chi connectivity index (χ0v) is 19.6. The maximum atomic E-state index is 5.37. The molecular formula is C21H39N5OS. The molecule has 2 rings (SSSR count). The summed E-state index contributed by atoms with van der Waals surface area (Å²) in [4.78, 5) is 14.0. The second-order valence-electron chi connectivity index (χ2n) is 8.37. The molecule has 0 spiro atoms. The van der Waals surface area contributed by atoms with Gasteiger partial charge in [-0.2, -0.15) is 0 Å². The fourth-order valence-corrected chi connectivity index (χ4v) is 4.57. The van der Waals surface area contributed by atoms with E-state index in [-0.39, 0.29) is 6.10 Å². The standard InChI is InChI=1S/C21H39N5OS/c1-15(2)19(26-10-8-16(3)9-11-26)12-23-21(22-5)25(6)13-18-14-28-20(24-18)17(4)27-7/h14-17,19H,8-13H2,1-7H3,(H,22,23). The number of piperidine rings is 1. The van der Waals surface area contributed by atoms with E-state index in [4.69, 9.17) is 9.72 Å². The van der Waals surface area contributed by atoms with Crippen LogP contribution < -0.4 is 5.32 Å². The Labute approximate surface area is 175 Å². The van der Waals surface area contributed by atoms with Gasteiger partial charge in [-0.1, -0.05) is 20.8 Å². The van der Waals surface area contributed by atoms with E-state index in [1.165, 1.54) is 25.9 Å². The van der Waals surface area contributed by atoms with Crippen molar-refractivity contribution in [3.8, 4) is 0 Å². The van der Waals surface area contributed by atoms with Gasteiger partial charge in [-0.25, -0.2) is 4.98 Å². The number of likely N-dealkylation sites (tertiary alicyclic amines) is 1. The summed E-state index contributed by atoms with van der Waals surface area (Å²) in [5, 5.41) is 6.74. The van der Waals surface area contributed by atoms with E-state index in [1.54, 1.807) is 18.4 Å². The second-order valence-corrected chi connectivity index (χ2v) is 9.26. The SMILES string of the molecule is CN=C(NCC(C(C)C)N1CCC(C)CC1)N(C)Cc1csc(C(C)OC)n1. The highest BCUT2D eigenvalue weighted by atomic mass is 32.1. The Bertz CT molecular complexity index is 610. The Balaban J connectivity index is 1.91. The van der Waals surface area contributed by atoms with Gasteiger partial charge in [0.15, 0.2) is 5.96 Å². The van der Waals surface area contributed by atoms with Crippen LogP contribution in [0.5, 0.6) is 0 Å². The van der Waals surface area contributed by atoms with Crippen molar-refractivity contribution >= 4 is 17.3 Å². The van der Waals surface area contributed by atoms with Crippen LogP contribution in [0.15, 0.2) is 10.4 Å². The molecule has 0 radical (unpaired) electrons. The fraction of sp³-hybridized carbons (Fsp3) is 0.810. The van der Waals surface area contributed by atoms with Crippen molar-refractivity contribution in [2.45, 2.75) is 59.2 Å². The number of rotatable bonds is 8. The first kappa shape index (κ1) is 23.1. The van der Waals surface area contributed by atoms with Crippen molar-refractivity contribution in [1.82, 2.24) is 20.1 Å². The van der Waals surface area contributed by atoms with Crippen LogP contribution in [-0.2, 0) is 11.3 Å². The third-order valence-electron chi connectivity index (χ3n) is 5.77. The predicted molar refractivity (Wildman–Crippen MR) is 119 cm³/mol. The molecule has 1 N–H and O–H groups in total. The largest absolute Gasteiger partial charge is 0.375 e. The zero-order valence-electron chi connectivity index (χ0n) is 18.7. The molecule has 6 nitrogen and oxygen atoms in total. The first-order valence-corrected chi connectivity index (χ1v) is 11.4. The van der Waals surface area contributed by atoms with Crippen LogP contribution in [0, 0.1) is 11.8 Å². The van der Waals surface area contributed by atoms with Gasteiger partial charge < -0.3 is 15.0 Å². The van der Waals surface area contributed by atoms with E-state index in [0.717, 1.165) is 35.7 Å². The number of hydrogen-bond acceptors (Lipinski definition) is 5. The van der Waals surface area contributed by atoms with Gasteiger partial charge in [0.05, 0.1) is 12.2 Å². The molecule has 1 fully saturated rings. The number of hydrogen-bond donors (Lipinski definition) is 1. The number of nitrogens with one attached hydrogen (secondary N) is 1. The number of thiazole rings is 1. The van der Waals surface area contributed by atoms with Crippen molar-refractivity contribution in [3.63, 3.8) is 0 Å². The summed E-state index contributed by atoms with van der Waals surface area (Å²) in [6, 6.07) is 0.533. The van der Waals surface area contributed by atoms with E-state index >= 15 is 0 Å². The zero-order chi connectivity index (χ0) is 20.7. The van der Waals surface area contributed by atoms with Crippen LogP contribution in [0.25, 0.3) is 0 Å². The third kappa shape index (κ3) is 6.42. The summed E-state index contributed by atoms with van der Waals surface area (Å²) < 4.78 is 5.37. The number of methoxy groups -OCH3 is 1. The highest BCUT2D eigenvalue weighted by Crippen LogP contribution is 2.22. The lowest BCUT2D eigenvalue weighted by Crippen LogP contribution is -2.51. The lowest BCUT2D eigenvalue weighted by Gasteiger charge is -2.39. The summed E-state index contributed by atoms with van der Waals surface area (Å²) in [5.74, 6) is 2.39. The Morgan fingerprint density at radius 1 is 1.39 bits per heavy atom. The summed E-state index contributed by atoms with van der Waals surface area (Å²) in [6.07, 6.45) is 2.66. The molecule has 160 valence electrons. The Kier molecular flexibility index (Phi) is 9.18. The molecule has 1 aliphatic rings. The smallest absolute Gasteiger partial charge is 0.193 e. The van der Waals surface area contributed by atoms with Gasteiger partial charge in [0.2, 0.25) is 0 Å². The van der Waals surface area contributed by atoms with E-state index in [2.05, 4.69) is 53.3 Å². The van der Waals surface area contributed by atoms with Gasteiger partial charge in [0, 0.05) is 39.2 Å². The highest BCUT2D eigenvalue weighted by molar-refractivity contribution is 7.09. The molecule has 0 aromatic carbocycles. The number of aliphatic imine (C=N–C) groups is 1. The van der Waals surface area contributed by atoms with Crippen molar-refractivity contribution in [2.75, 3.05) is 40.8 Å². The third-order valence-corrected chi connectivity index (χ3v) is 6.82. The lowest BCUT2D eigenvalue weighted by atomic mass is 9.94. The van der Waals surface area contributed by atoms with E-state index in [9.17, 15) is 0 Å². The summed E-state index contributed by atoms with van der Waals surface area (Å²) >= 11 is 1.65. The minimum absolute atomic E-state index is 0.0422. The van der Waals surface area contributed by atoms with Crippen molar-refractivity contribution in [1.29, 1.82) is 0 Å². The number of aromatic nitrogens is 1. The summed E-state index contributed by atoms with van der Waals surface area (Å²) in [5.41, 5.74) is 1.06. The van der Waals surface area contributed by atoms with Crippen LogP contribution in [0.3, 0.4) is 0 Å². The van der Waals surface area contributed by atoms with Gasteiger partial charge in [-0.15, -0.1) is 11.3 Å². The monoisotopic (exact) mass is 409 g/mol. The van der Waals surface area contributed by atoms with Crippen LogP contribution in [0.1, 0.15) is 57.3 Å². The van der Waals surface area contributed by atoms with Crippen molar-refractivity contribution < 1.29 is 4.74 Å². The van der Waals surface area contributed by atoms with E-state index in [1.807, 2.05) is 14.0 Å². The van der Waals surface area contributed by atoms with Crippen LogP contribution in [0.4, 0.5) is 0 Å². The molecule has 1 aliphatic heterocycles. The molecule has 2 atom stereocenters. The molecule has 0 amide bonds. The molecular weight excluding hydrogens is 370 g/mol. The molecule has 1 aromatic heterocycles. The number of ether oxygens (including phenoxy) is 1. The molecule has 28 heavy (non-hydrogen) atoms. The number of guanidine groups is 1. The summed E-state index contributed by atoms with van der Waals surface area (Å²) in [7, 11) is 5.64. The first-order chi connectivity index (χ1) is 13.3. The molecule has 1 saturated heterocycles.